The standard InChI is InChI=1S/C72H134O3/c1-5-9-13-17-21-25-29-33-35-37-41-45-49-53-57-61-65-71(67-69-73,63-59-55-51-47-43-39-31-27-23-19-15-11-7-3)75-72(68-70-74,64-60-56-52-48-44-40-32-28-24-20-16-12-8-4)66-62-58-54-50-46-42-38-36-34-30-26-22-18-14-10-6-2/h33-36,67-68H,5-32,37-66H2,1-4H3/b35-33-,36-34-. The Morgan fingerprint density at radius 1 is 0.240 bits per heavy atom. The number of carbonyl (C=O) groups excluding carboxylic acids is 2. The maximum Gasteiger partial charge on any atom is 0.123 e. The molecule has 0 heterocycles. The molecule has 2 unspecified atom stereocenters. The Kier molecular flexibility index (Phi) is 60.2. The van der Waals surface area contributed by atoms with Gasteiger partial charge in [0.25, 0.3) is 0 Å². The number of allylic oxidation sites excluding steroid dienone is 4. The zero-order valence-electron chi connectivity index (χ0n) is 51.7. The number of hydrogen-bond donors (Lipinski definition) is 0. The minimum absolute atomic E-state index is 0.688. The van der Waals surface area contributed by atoms with E-state index < -0.39 is 11.2 Å². The van der Waals surface area contributed by atoms with Crippen molar-refractivity contribution >= 4 is 11.9 Å². The Hall–Kier alpha value is -1.66. The van der Waals surface area contributed by atoms with Gasteiger partial charge in [0.1, 0.15) is 11.9 Å². The van der Waals surface area contributed by atoms with Crippen LogP contribution in [0.3, 0.4) is 0 Å². The van der Waals surface area contributed by atoms with E-state index in [0.717, 1.165) is 64.2 Å². The minimum atomic E-state index is -0.688. The van der Waals surface area contributed by atoms with Crippen LogP contribution in [-0.4, -0.2) is 23.1 Å². The van der Waals surface area contributed by atoms with E-state index in [-0.39, 0.29) is 0 Å². The summed E-state index contributed by atoms with van der Waals surface area (Å²) in [4.78, 5) is 25.2. The topological polar surface area (TPSA) is 43.4 Å². The molecular formula is C72H134O3. The van der Waals surface area contributed by atoms with Crippen LogP contribution in [0.4, 0.5) is 0 Å². The smallest absolute Gasteiger partial charge is 0.123 e. The molecule has 0 aromatic carbocycles. The molecular weight excluding hydrogens is 913 g/mol. The molecule has 0 fully saturated rings. The van der Waals surface area contributed by atoms with E-state index in [1.54, 1.807) is 12.2 Å². The third-order valence-electron chi connectivity index (χ3n) is 16.7. The summed E-state index contributed by atoms with van der Waals surface area (Å²) in [6.07, 6.45) is 86.9. The molecule has 0 aliphatic heterocycles. The monoisotopic (exact) mass is 1050 g/mol. The third-order valence-corrected chi connectivity index (χ3v) is 16.7. The van der Waals surface area contributed by atoms with Crippen LogP contribution < -0.4 is 0 Å². The third kappa shape index (κ3) is 52.8. The summed E-state index contributed by atoms with van der Waals surface area (Å²) in [5.74, 6) is 4.58. The van der Waals surface area contributed by atoms with Gasteiger partial charge in [0.05, 0.1) is 11.2 Å². The normalized spacial score (nSPS) is 13.4. The molecule has 0 amide bonds. The summed E-state index contributed by atoms with van der Waals surface area (Å²) in [5, 5.41) is 0. The first-order chi connectivity index (χ1) is 37.1. The van der Waals surface area contributed by atoms with Crippen LogP contribution in [0, 0.1) is 0 Å². The molecule has 3 heteroatoms. The first-order valence-electron chi connectivity index (χ1n) is 34.5. The van der Waals surface area contributed by atoms with E-state index in [1.165, 1.54) is 308 Å². The minimum Gasteiger partial charge on any atom is -0.359 e. The van der Waals surface area contributed by atoms with Gasteiger partial charge in [0.2, 0.25) is 0 Å². The highest BCUT2D eigenvalue weighted by molar-refractivity contribution is 5.50. The number of rotatable bonds is 64. The molecule has 0 aromatic heterocycles. The molecule has 0 spiro atoms. The fourth-order valence-electron chi connectivity index (χ4n) is 11.6. The highest BCUT2D eigenvalue weighted by Crippen LogP contribution is 2.39. The highest BCUT2D eigenvalue weighted by Gasteiger charge is 2.39. The van der Waals surface area contributed by atoms with Crippen molar-refractivity contribution < 1.29 is 14.3 Å². The lowest BCUT2D eigenvalue weighted by Gasteiger charge is -2.41. The molecule has 3 nitrogen and oxygen atoms in total. The summed E-state index contributed by atoms with van der Waals surface area (Å²) < 4.78 is 7.52. The van der Waals surface area contributed by atoms with Gasteiger partial charge in [0.15, 0.2) is 0 Å². The van der Waals surface area contributed by atoms with E-state index in [2.05, 4.69) is 63.9 Å². The molecule has 0 saturated carbocycles. The maximum atomic E-state index is 12.6. The van der Waals surface area contributed by atoms with E-state index in [1.807, 2.05) is 0 Å². The predicted molar refractivity (Wildman–Crippen MR) is 336 cm³/mol. The first-order valence-corrected chi connectivity index (χ1v) is 34.5. The van der Waals surface area contributed by atoms with Crippen LogP contribution >= 0.6 is 0 Å². The van der Waals surface area contributed by atoms with E-state index in [0.29, 0.717) is 0 Å². The number of ether oxygens (including phenoxy) is 1. The number of unbranched alkanes of at least 4 members (excludes halogenated alkanes) is 48. The molecule has 0 bridgehead atoms. The summed E-state index contributed by atoms with van der Waals surface area (Å²) in [5.41, 5.74) is -1.38. The lowest BCUT2D eigenvalue weighted by atomic mass is 9.84. The van der Waals surface area contributed by atoms with Crippen molar-refractivity contribution in [3.05, 3.63) is 36.5 Å². The zero-order valence-corrected chi connectivity index (χ0v) is 51.7. The molecule has 440 valence electrons. The molecule has 2 atom stereocenters. The van der Waals surface area contributed by atoms with E-state index in [9.17, 15) is 9.59 Å². The van der Waals surface area contributed by atoms with E-state index >= 15 is 0 Å². The Morgan fingerprint density at radius 2 is 0.400 bits per heavy atom. The second-order valence-electron chi connectivity index (χ2n) is 24.1. The van der Waals surface area contributed by atoms with Crippen molar-refractivity contribution in [2.75, 3.05) is 0 Å². The quantitative estimate of drug-likeness (QED) is 0.0346. The first kappa shape index (κ1) is 73.3. The zero-order chi connectivity index (χ0) is 54.4. The molecule has 75 heavy (non-hydrogen) atoms. The van der Waals surface area contributed by atoms with Crippen LogP contribution in [0.25, 0.3) is 0 Å². The van der Waals surface area contributed by atoms with Crippen molar-refractivity contribution in [2.24, 2.45) is 0 Å². The van der Waals surface area contributed by atoms with Gasteiger partial charge in [-0.15, -0.1) is 0 Å². The average Bonchev–Trinajstić information content (AvgIpc) is 3.41. The Balaban J connectivity index is 5.65. The predicted octanol–water partition coefficient (Wildman–Crippen LogP) is 25.1. The molecule has 0 aliphatic carbocycles. The average molecular weight is 1050 g/mol. The lowest BCUT2D eigenvalue weighted by molar-refractivity contribution is -0.125. The van der Waals surface area contributed by atoms with Crippen LogP contribution in [0.1, 0.15) is 400 Å². The molecule has 0 saturated heterocycles. The second-order valence-corrected chi connectivity index (χ2v) is 24.1. The summed E-state index contributed by atoms with van der Waals surface area (Å²) in [7, 11) is 0. The van der Waals surface area contributed by atoms with E-state index in [4.69, 9.17) is 4.74 Å². The van der Waals surface area contributed by atoms with Crippen LogP contribution in [0.15, 0.2) is 36.5 Å². The fourth-order valence-corrected chi connectivity index (χ4v) is 11.6. The Morgan fingerprint density at radius 3 is 0.573 bits per heavy atom. The summed E-state index contributed by atoms with van der Waals surface area (Å²) in [6.45, 7) is 9.18. The number of hydrogen-bond acceptors (Lipinski definition) is 3. The van der Waals surface area contributed by atoms with Crippen molar-refractivity contribution in [3.63, 3.8) is 0 Å². The van der Waals surface area contributed by atoms with Gasteiger partial charge < -0.3 is 4.74 Å². The SMILES string of the molecule is CCCCCCCC/C=C\CCCCCCCCC(C=C=O)(CCCCCCCCCCCCCCC)OC(C=C=O)(CCCCCCCC/C=C\CCCCCCCC)CCCCCCCCCCCCCCC. The van der Waals surface area contributed by atoms with Crippen molar-refractivity contribution in [1.29, 1.82) is 0 Å². The lowest BCUT2D eigenvalue weighted by Crippen LogP contribution is -2.43. The molecule has 0 radical (unpaired) electrons. The summed E-state index contributed by atoms with van der Waals surface area (Å²) in [6, 6.07) is 0. The van der Waals surface area contributed by atoms with Crippen LogP contribution in [0.2, 0.25) is 0 Å². The fraction of sp³-hybridized carbons (Fsp3) is 0.889. The van der Waals surface area contributed by atoms with Crippen molar-refractivity contribution in [2.45, 2.75) is 411 Å². The maximum absolute atomic E-state index is 12.6. The van der Waals surface area contributed by atoms with Gasteiger partial charge in [-0.05, 0) is 77.0 Å². The van der Waals surface area contributed by atoms with Gasteiger partial charge >= 0.3 is 0 Å². The van der Waals surface area contributed by atoms with Gasteiger partial charge in [-0.25, -0.2) is 9.59 Å². The van der Waals surface area contributed by atoms with Crippen LogP contribution in [-0.2, 0) is 14.3 Å². The van der Waals surface area contributed by atoms with Gasteiger partial charge in [-0.1, -0.05) is 347 Å². The molecule has 0 N–H and O–H groups in total. The summed E-state index contributed by atoms with van der Waals surface area (Å²) >= 11 is 0. The molecule has 0 aromatic rings. The van der Waals surface area contributed by atoms with Gasteiger partial charge in [-0.2, -0.15) is 0 Å². The Labute approximate surface area is 471 Å². The molecule has 0 rings (SSSR count). The largest absolute Gasteiger partial charge is 0.359 e. The highest BCUT2D eigenvalue weighted by atomic mass is 16.5. The van der Waals surface area contributed by atoms with Crippen molar-refractivity contribution in [3.8, 4) is 0 Å². The van der Waals surface area contributed by atoms with Gasteiger partial charge in [0, 0.05) is 12.2 Å². The van der Waals surface area contributed by atoms with Crippen LogP contribution in [0.5, 0.6) is 0 Å². The van der Waals surface area contributed by atoms with Gasteiger partial charge in [-0.3, -0.25) is 0 Å². The Bertz CT molecular complexity index is 1170. The molecule has 0 aliphatic rings. The second kappa shape index (κ2) is 61.6. The van der Waals surface area contributed by atoms with Crippen molar-refractivity contribution in [1.82, 2.24) is 0 Å².